The van der Waals surface area contributed by atoms with Crippen LogP contribution in [0.2, 0.25) is 0 Å². The Morgan fingerprint density at radius 1 is 0.818 bits per heavy atom. The fraction of sp³-hybridized carbons (Fsp3) is 0. The van der Waals surface area contributed by atoms with Gasteiger partial charge < -0.3 is 4.74 Å². The molecule has 3 aromatic carbocycles. The number of rotatable bonds is 4. The van der Waals surface area contributed by atoms with Gasteiger partial charge >= 0.3 is 0 Å². The van der Waals surface area contributed by atoms with E-state index in [4.69, 9.17) is 4.74 Å². The number of non-ortho nitro benzene ring substituents is 1. The first-order valence-corrected chi connectivity index (χ1v) is 6.81. The molecule has 0 aromatic heterocycles. The van der Waals surface area contributed by atoms with E-state index in [1.165, 1.54) is 12.1 Å². The lowest BCUT2D eigenvalue weighted by atomic mass is 10.1. The van der Waals surface area contributed by atoms with Gasteiger partial charge in [-0.2, -0.15) is 0 Å². The first kappa shape index (κ1) is 13.8. The van der Waals surface area contributed by atoms with E-state index in [9.17, 15) is 10.1 Å². The standard InChI is InChI=1S/C18H13NO3/c20-19(21)15-9-6-10-16(13-15)22-18-12-5-4-11-17(18)14-7-2-1-3-8-14/h1-13H. The molecule has 0 aliphatic carbocycles. The Labute approximate surface area is 127 Å². The zero-order chi connectivity index (χ0) is 15.4. The molecule has 0 spiro atoms. The molecule has 0 saturated carbocycles. The summed E-state index contributed by atoms with van der Waals surface area (Å²) in [6, 6.07) is 23.6. The van der Waals surface area contributed by atoms with Crippen LogP contribution in [0.5, 0.6) is 11.5 Å². The van der Waals surface area contributed by atoms with Crippen LogP contribution in [0.4, 0.5) is 5.69 Å². The van der Waals surface area contributed by atoms with Gasteiger partial charge in [0.05, 0.1) is 11.0 Å². The van der Waals surface area contributed by atoms with Crippen molar-refractivity contribution in [3.8, 4) is 22.6 Å². The van der Waals surface area contributed by atoms with Crippen LogP contribution >= 0.6 is 0 Å². The molecule has 0 heterocycles. The van der Waals surface area contributed by atoms with E-state index < -0.39 is 4.92 Å². The Balaban J connectivity index is 1.97. The Kier molecular flexibility index (Phi) is 3.83. The lowest BCUT2D eigenvalue weighted by Gasteiger charge is -2.11. The maximum Gasteiger partial charge on any atom is 0.273 e. The molecule has 0 N–H and O–H groups in total. The van der Waals surface area contributed by atoms with Crippen LogP contribution in [0.25, 0.3) is 11.1 Å². The van der Waals surface area contributed by atoms with Crippen LogP contribution in [0, 0.1) is 10.1 Å². The second-order valence-corrected chi connectivity index (χ2v) is 4.72. The minimum Gasteiger partial charge on any atom is -0.456 e. The second kappa shape index (κ2) is 6.10. The third kappa shape index (κ3) is 2.96. The SMILES string of the molecule is O=[N+]([O-])c1cccc(Oc2ccccc2-c2ccccc2)c1. The van der Waals surface area contributed by atoms with E-state index in [-0.39, 0.29) is 5.69 Å². The van der Waals surface area contributed by atoms with Crippen molar-refractivity contribution in [2.24, 2.45) is 0 Å². The molecule has 3 aromatic rings. The number of nitrogens with zero attached hydrogens (tertiary/aromatic N) is 1. The summed E-state index contributed by atoms with van der Waals surface area (Å²) in [7, 11) is 0. The number of hydrogen-bond acceptors (Lipinski definition) is 3. The molecule has 0 amide bonds. The van der Waals surface area contributed by atoms with Crippen LogP contribution in [0.3, 0.4) is 0 Å². The molecule has 3 rings (SSSR count). The number of hydrogen-bond donors (Lipinski definition) is 0. The van der Waals surface area contributed by atoms with Crippen molar-refractivity contribution in [3.63, 3.8) is 0 Å². The van der Waals surface area contributed by atoms with Crippen LogP contribution in [-0.2, 0) is 0 Å². The number of para-hydroxylation sites is 1. The minimum absolute atomic E-state index is 0.00897. The number of benzene rings is 3. The van der Waals surface area contributed by atoms with Crippen molar-refractivity contribution < 1.29 is 9.66 Å². The molecule has 4 heteroatoms. The normalized spacial score (nSPS) is 10.2. The fourth-order valence-electron chi connectivity index (χ4n) is 2.20. The highest BCUT2D eigenvalue weighted by Crippen LogP contribution is 2.33. The lowest BCUT2D eigenvalue weighted by Crippen LogP contribution is -1.91. The average molecular weight is 291 g/mol. The van der Waals surface area contributed by atoms with Crippen LogP contribution in [-0.4, -0.2) is 4.92 Å². The Morgan fingerprint density at radius 3 is 2.32 bits per heavy atom. The average Bonchev–Trinajstić information content (AvgIpc) is 2.56. The van der Waals surface area contributed by atoms with E-state index in [0.717, 1.165) is 11.1 Å². The Bertz CT molecular complexity index is 800. The lowest BCUT2D eigenvalue weighted by molar-refractivity contribution is -0.384. The van der Waals surface area contributed by atoms with Crippen molar-refractivity contribution in [1.29, 1.82) is 0 Å². The summed E-state index contributed by atoms with van der Waals surface area (Å²) < 4.78 is 5.85. The third-order valence-corrected chi connectivity index (χ3v) is 3.23. The highest BCUT2D eigenvalue weighted by atomic mass is 16.6. The highest BCUT2D eigenvalue weighted by Gasteiger charge is 2.10. The van der Waals surface area contributed by atoms with Gasteiger partial charge in [0, 0.05) is 11.6 Å². The molecule has 0 bridgehead atoms. The quantitative estimate of drug-likeness (QED) is 0.499. The van der Waals surface area contributed by atoms with E-state index in [2.05, 4.69) is 0 Å². The largest absolute Gasteiger partial charge is 0.456 e. The predicted molar refractivity (Wildman–Crippen MR) is 85.0 cm³/mol. The summed E-state index contributed by atoms with van der Waals surface area (Å²) in [5.74, 6) is 1.10. The van der Waals surface area contributed by atoms with E-state index in [1.54, 1.807) is 12.1 Å². The highest BCUT2D eigenvalue weighted by molar-refractivity contribution is 5.70. The Hall–Kier alpha value is -3.14. The third-order valence-electron chi connectivity index (χ3n) is 3.23. The summed E-state index contributed by atoms with van der Waals surface area (Å²) >= 11 is 0. The van der Waals surface area contributed by atoms with Gasteiger partial charge in [0.25, 0.3) is 5.69 Å². The van der Waals surface area contributed by atoms with Crippen molar-refractivity contribution in [3.05, 3.63) is 89.0 Å². The number of ether oxygens (including phenoxy) is 1. The molecule has 0 radical (unpaired) electrons. The molecule has 0 atom stereocenters. The first-order valence-electron chi connectivity index (χ1n) is 6.81. The predicted octanol–water partition coefficient (Wildman–Crippen LogP) is 5.05. The van der Waals surface area contributed by atoms with Gasteiger partial charge in [0.15, 0.2) is 0 Å². The van der Waals surface area contributed by atoms with Crippen molar-refractivity contribution in [2.75, 3.05) is 0 Å². The fourth-order valence-corrected chi connectivity index (χ4v) is 2.20. The summed E-state index contributed by atoms with van der Waals surface area (Å²) in [5.41, 5.74) is 1.98. The van der Waals surface area contributed by atoms with Gasteiger partial charge in [0.1, 0.15) is 11.5 Å². The zero-order valence-corrected chi connectivity index (χ0v) is 11.7. The van der Waals surface area contributed by atoms with E-state index >= 15 is 0 Å². The topological polar surface area (TPSA) is 52.4 Å². The molecule has 108 valence electrons. The van der Waals surface area contributed by atoms with Gasteiger partial charge in [-0.25, -0.2) is 0 Å². The summed E-state index contributed by atoms with van der Waals surface area (Å²) in [4.78, 5) is 10.4. The van der Waals surface area contributed by atoms with Crippen molar-refractivity contribution in [2.45, 2.75) is 0 Å². The van der Waals surface area contributed by atoms with E-state index in [1.807, 2.05) is 54.6 Å². The van der Waals surface area contributed by atoms with Gasteiger partial charge in [0.2, 0.25) is 0 Å². The Morgan fingerprint density at radius 2 is 1.55 bits per heavy atom. The van der Waals surface area contributed by atoms with Crippen LogP contribution in [0.1, 0.15) is 0 Å². The second-order valence-electron chi connectivity index (χ2n) is 4.72. The maximum atomic E-state index is 10.8. The first-order chi connectivity index (χ1) is 10.7. The molecular weight excluding hydrogens is 278 g/mol. The van der Waals surface area contributed by atoms with Crippen molar-refractivity contribution in [1.82, 2.24) is 0 Å². The van der Waals surface area contributed by atoms with Gasteiger partial charge in [-0.05, 0) is 17.7 Å². The van der Waals surface area contributed by atoms with E-state index in [0.29, 0.717) is 11.5 Å². The summed E-state index contributed by atoms with van der Waals surface area (Å²) in [6.07, 6.45) is 0. The van der Waals surface area contributed by atoms with Gasteiger partial charge in [-0.15, -0.1) is 0 Å². The summed E-state index contributed by atoms with van der Waals surface area (Å²) in [6.45, 7) is 0. The molecular formula is C18H13NO3. The zero-order valence-electron chi connectivity index (χ0n) is 11.7. The maximum absolute atomic E-state index is 10.8. The minimum atomic E-state index is -0.435. The van der Waals surface area contributed by atoms with Crippen molar-refractivity contribution >= 4 is 5.69 Å². The molecule has 0 unspecified atom stereocenters. The summed E-state index contributed by atoms with van der Waals surface area (Å²) in [5, 5.41) is 10.8. The molecule has 0 saturated heterocycles. The van der Waals surface area contributed by atoms with Crippen LogP contribution < -0.4 is 4.74 Å². The molecule has 0 fully saturated rings. The van der Waals surface area contributed by atoms with Gasteiger partial charge in [-0.3, -0.25) is 10.1 Å². The smallest absolute Gasteiger partial charge is 0.273 e. The molecule has 0 aliphatic heterocycles. The monoisotopic (exact) mass is 291 g/mol. The number of nitro groups is 1. The van der Waals surface area contributed by atoms with Gasteiger partial charge in [-0.1, -0.05) is 54.6 Å². The van der Waals surface area contributed by atoms with Crippen LogP contribution in [0.15, 0.2) is 78.9 Å². The molecule has 22 heavy (non-hydrogen) atoms. The molecule has 4 nitrogen and oxygen atoms in total. The number of nitro benzene ring substituents is 1. The molecule has 0 aliphatic rings.